The third-order valence-electron chi connectivity index (χ3n) is 12.4. The van der Waals surface area contributed by atoms with Crippen LogP contribution in [0, 0.1) is 0 Å². The van der Waals surface area contributed by atoms with Crippen molar-refractivity contribution in [1.29, 1.82) is 0 Å². The van der Waals surface area contributed by atoms with E-state index in [0.717, 1.165) is 77.0 Å². The summed E-state index contributed by atoms with van der Waals surface area (Å²) in [5, 5.41) is 7.13. The molecule has 0 bridgehead atoms. The Morgan fingerprint density at radius 3 is 1.37 bits per heavy atom. The molecule has 0 amide bonds. The molecule has 0 saturated heterocycles. The van der Waals surface area contributed by atoms with E-state index in [2.05, 4.69) is 221 Å². The lowest BCUT2D eigenvalue weighted by Crippen LogP contribution is -2.10. The summed E-state index contributed by atoms with van der Waals surface area (Å²) in [6.45, 7) is 0. The number of nitrogens with zero attached hydrogens (tertiary/aromatic N) is 5. The molecule has 0 aliphatic heterocycles. The van der Waals surface area contributed by atoms with Crippen LogP contribution in [0.5, 0.6) is 0 Å². The van der Waals surface area contributed by atoms with E-state index in [-0.39, 0.29) is 0 Å². The van der Waals surface area contributed by atoms with Crippen LogP contribution >= 0.6 is 11.3 Å². The number of fused-ring (bicyclic) bond motifs is 9. The maximum Gasteiger partial charge on any atom is 0.240 e. The van der Waals surface area contributed by atoms with Crippen molar-refractivity contribution < 1.29 is 0 Å². The van der Waals surface area contributed by atoms with Crippen molar-refractivity contribution in [2.75, 3.05) is 0 Å². The first kappa shape index (κ1) is 35.6. The summed E-state index contributed by atoms with van der Waals surface area (Å²) in [5.41, 5.74) is 11.9. The molecule has 63 heavy (non-hydrogen) atoms. The third kappa shape index (κ3) is 5.73. The Hall–Kier alpha value is -8.19. The summed E-state index contributed by atoms with van der Waals surface area (Å²) >= 11 is 1.85. The monoisotopic (exact) mass is 821 g/mol. The molecular formula is C57H35N5S. The molecule has 9 aromatic carbocycles. The van der Waals surface area contributed by atoms with Crippen molar-refractivity contribution in [2.45, 2.75) is 0 Å². The summed E-state index contributed by atoms with van der Waals surface area (Å²) in [6, 6.07) is 75.6. The van der Waals surface area contributed by atoms with Gasteiger partial charge < -0.3 is 0 Å². The second-order valence-electron chi connectivity index (χ2n) is 16.0. The molecule has 13 aromatic rings. The van der Waals surface area contributed by atoms with Gasteiger partial charge in [0.25, 0.3) is 0 Å². The van der Waals surface area contributed by atoms with Crippen LogP contribution in [0.2, 0.25) is 0 Å². The highest BCUT2D eigenvalue weighted by Crippen LogP contribution is 2.41. The van der Waals surface area contributed by atoms with Gasteiger partial charge in [0.05, 0.1) is 22.1 Å². The van der Waals surface area contributed by atoms with Gasteiger partial charge in [0.2, 0.25) is 11.9 Å². The first-order valence-electron chi connectivity index (χ1n) is 21.2. The Morgan fingerprint density at radius 2 is 0.762 bits per heavy atom. The summed E-state index contributed by atoms with van der Waals surface area (Å²) in [6.07, 6.45) is 0. The van der Waals surface area contributed by atoms with Gasteiger partial charge in [-0.15, -0.1) is 11.3 Å². The summed E-state index contributed by atoms with van der Waals surface area (Å²) in [4.78, 5) is 16.3. The van der Waals surface area contributed by atoms with Crippen LogP contribution < -0.4 is 0 Å². The van der Waals surface area contributed by atoms with Gasteiger partial charge in [-0.05, 0) is 63.7 Å². The molecule has 6 heteroatoms. The average Bonchev–Trinajstić information content (AvgIpc) is 4.02. The molecule has 0 atom stereocenters. The quantitative estimate of drug-likeness (QED) is 0.168. The Morgan fingerprint density at radius 1 is 0.302 bits per heavy atom. The molecule has 4 heterocycles. The molecule has 0 saturated carbocycles. The fourth-order valence-electron chi connectivity index (χ4n) is 9.45. The molecule has 0 fully saturated rings. The fraction of sp³-hybridized carbons (Fsp3) is 0. The Bertz CT molecular complexity index is 3750. The van der Waals surface area contributed by atoms with Gasteiger partial charge in [-0.2, -0.15) is 15.0 Å². The standard InChI is InChI=1S/C57H35N5S/c1-3-14-36(15-4-1)40-30-32-45-46-33-31-41(37-16-5-2-6-17-37)35-52(46)62(51(45)34-40)57-59-55(58-56(60-57)61-49-23-10-7-18-43(49)44-19-8-11-24-50(44)61)39-28-26-38(27-29-39)42-21-13-22-48-47-20-9-12-25-53(47)63-54(42)48/h1-35H. The van der Waals surface area contributed by atoms with Crippen LogP contribution in [0.25, 0.3) is 120 Å². The van der Waals surface area contributed by atoms with E-state index < -0.39 is 0 Å². The number of hydrogen-bond acceptors (Lipinski definition) is 4. The SMILES string of the molecule is c1ccc(-c2ccc3c4ccc(-c5ccccc5)cc4n(-c4nc(-c5ccc(-c6cccc7c6sc6ccccc67)cc5)nc(-n5c6ccccc6c6ccccc65)n4)c3c2)cc1. The molecule has 0 radical (unpaired) electrons. The largest absolute Gasteiger partial charge is 0.278 e. The molecule has 0 unspecified atom stereocenters. The second kappa shape index (κ2) is 14.2. The topological polar surface area (TPSA) is 48.5 Å². The highest BCUT2D eigenvalue weighted by Gasteiger charge is 2.22. The molecule has 0 N–H and O–H groups in total. The predicted octanol–water partition coefficient (Wildman–Crippen LogP) is 15.1. The number of thiophene rings is 1. The first-order valence-corrected chi connectivity index (χ1v) is 22.0. The van der Waals surface area contributed by atoms with E-state index >= 15 is 0 Å². The van der Waals surface area contributed by atoms with E-state index in [4.69, 9.17) is 15.0 Å². The van der Waals surface area contributed by atoms with E-state index in [1.54, 1.807) is 0 Å². The van der Waals surface area contributed by atoms with Crippen molar-refractivity contribution in [2.24, 2.45) is 0 Å². The minimum absolute atomic E-state index is 0.548. The molecule has 13 rings (SSSR count). The molecule has 0 aliphatic rings. The lowest BCUT2D eigenvalue weighted by Gasteiger charge is -2.13. The molecule has 4 aromatic heterocycles. The van der Waals surface area contributed by atoms with Crippen LogP contribution in [0.4, 0.5) is 0 Å². The van der Waals surface area contributed by atoms with Crippen molar-refractivity contribution in [1.82, 2.24) is 24.1 Å². The van der Waals surface area contributed by atoms with Crippen molar-refractivity contribution in [3.05, 3.63) is 212 Å². The van der Waals surface area contributed by atoms with Crippen LogP contribution in [0.15, 0.2) is 212 Å². The minimum atomic E-state index is 0.548. The molecule has 0 spiro atoms. The average molecular weight is 822 g/mol. The van der Waals surface area contributed by atoms with Crippen LogP contribution in [-0.2, 0) is 0 Å². The summed E-state index contributed by atoms with van der Waals surface area (Å²) in [7, 11) is 0. The van der Waals surface area contributed by atoms with Crippen LogP contribution in [-0.4, -0.2) is 24.1 Å². The van der Waals surface area contributed by atoms with Crippen molar-refractivity contribution >= 4 is 75.1 Å². The van der Waals surface area contributed by atoms with Gasteiger partial charge in [0, 0.05) is 47.3 Å². The maximum atomic E-state index is 5.47. The van der Waals surface area contributed by atoms with E-state index in [1.165, 1.54) is 25.7 Å². The third-order valence-corrected chi connectivity index (χ3v) is 13.7. The lowest BCUT2D eigenvalue weighted by atomic mass is 10.0. The number of rotatable bonds is 6. The zero-order valence-electron chi connectivity index (χ0n) is 33.9. The van der Waals surface area contributed by atoms with E-state index in [9.17, 15) is 0 Å². The van der Waals surface area contributed by atoms with Crippen LogP contribution in [0.3, 0.4) is 0 Å². The molecule has 294 valence electrons. The van der Waals surface area contributed by atoms with Crippen LogP contribution in [0.1, 0.15) is 0 Å². The Labute approximate surface area is 366 Å². The Kier molecular flexibility index (Phi) is 8.01. The number of para-hydroxylation sites is 2. The first-order chi connectivity index (χ1) is 31.2. The lowest BCUT2D eigenvalue weighted by molar-refractivity contribution is 0.893. The predicted molar refractivity (Wildman–Crippen MR) is 263 cm³/mol. The van der Waals surface area contributed by atoms with Gasteiger partial charge in [0.15, 0.2) is 5.82 Å². The number of hydrogen-bond donors (Lipinski definition) is 0. The summed E-state index contributed by atoms with van der Waals surface area (Å²) in [5.74, 6) is 1.70. The van der Waals surface area contributed by atoms with E-state index in [0.29, 0.717) is 17.7 Å². The van der Waals surface area contributed by atoms with Gasteiger partial charge in [0.1, 0.15) is 0 Å². The van der Waals surface area contributed by atoms with Crippen molar-refractivity contribution in [3.8, 4) is 56.7 Å². The molecule has 0 aliphatic carbocycles. The van der Waals surface area contributed by atoms with Crippen molar-refractivity contribution in [3.63, 3.8) is 0 Å². The number of aromatic nitrogens is 5. The normalized spacial score (nSPS) is 11.8. The Balaban J connectivity index is 1.07. The van der Waals surface area contributed by atoms with Gasteiger partial charge in [-0.25, -0.2) is 0 Å². The highest BCUT2D eigenvalue weighted by molar-refractivity contribution is 7.26. The maximum absolute atomic E-state index is 5.47. The van der Waals surface area contributed by atoms with Gasteiger partial charge >= 0.3 is 0 Å². The highest BCUT2D eigenvalue weighted by atomic mass is 32.1. The zero-order chi connectivity index (χ0) is 41.4. The zero-order valence-corrected chi connectivity index (χ0v) is 34.7. The molecule has 5 nitrogen and oxygen atoms in total. The van der Waals surface area contributed by atoms with Gasteiger partial charge in [-0.1, -0.05) is 182 Å². The van der Waals surface area contributed by atoms with Gasteiger partial charge in [-0.3, -0.25) is 9.13 Å². The summed E-state index contributed by atoms with van der Waals surface area (Å²) < 4.78 is 7.01. The number of benzene rings is 9. The van der Waals surface area contributed by atoms with E-state index in [1.807, 2.05) is 11.3 Å². The molecular weight excluding hydrogens is 787 g/mol. The second-order valence-corrected chi connectivity index (χ2v) is 17.1. The smallest absolute Gasteiger partial charge is 0.240 e. The fourth-order valence-corrected chi connectivity index (χ4v) is 10.7. The minimum Gasteiger partial charge on any atom is -0.278 e.